The largest absolute Gasteiger partial charge is 0.387 e. The molecule has 0 bridgehead atoms. The van der Waals surface area contributed by atoms with Gasteiger partial charge in [-0.25, -0.2) is 0 Å². The van der Waals surface area contributed by atoms with Crippen LogP contribution in [0, 0.1) is 0 Å². The van der Waals surface area contributed by atoms with E-state index in [4.69, 9.17) is 14.2 Å². The van der Waals surface area contributed by atoms with Crippen LogP contribution in [0.2, 0.25) is 0 Å². The van der Waals surface area contributed by atoms with Gasteiger partial charge in [0.05, 0.1) is 6.10 Å². The molecule has 1 unspecified atom stereocenters. The summed E-state index contributed by atoms with van der Waals surface area (Å²) in [4.78, 5) is 0. The Bertz CT molecular complexity index is 283. The number of ether oxygens (including phenoxy) is 3. The van der Waals surface area contributed by atoms with Crippen LogP contribution in [-0.2, 0) is 14.2 Å². The van der Waals surface area contributed by atoms with Gasteiger partial charge in [-0.15, -0.1) is 0 Å². The van der Waals surface area contributed by atoms with Crippen molar-refractivity contribution in [2.24, 2.45) is 0 Å². The minimum atomic E-state index is -0.551. The SMILES string of the molecule is CCCCC1(CCC)O[C@H]2O[C@H](CCC)[C@H](O)[C@H]2O1. The monoisotopic (exact) mass is 272 g/mol. The Kier molecular flexibility index (Phi) is 5.23. The van der Waals surface area contributed by atoms with Gasteiger partial charge in [0.2, 0.25) is 0 Å². The van der Waals surface area contributed by atoms with Gasteiger partial charge in [-0.1, -0.05) is 40.0 Å². The maximum atomic E-state index is 10.3. The molecule has 0 aromatic heterocycles. The van der Waals surface area contributed by atoms with Crippen LogP contribution in [0.4, 0.5) is 0 Å². The highest BCUT2D eigenvalue weighted by molar-refractivity contribution is 4.94. The number of unbranched alkanes of at least 4 members (excludes halogenated alkanes) is 1. The first kappa shape index (κ1) is 15.2. The number of aliphatic hydroxyl groups is 1. The quantitative estimate of drug-likeness (QED) is 0.774. The Morgan fingerprint density at radius 2 is 1.79 bits per heavy atom. The van der Waals surface area contributed by atoms with Crippen molar-refractivity contribution in [1.29, 1.82) is 0 Å². The van der Waals surface area contributed by atoms with Crippen molar-refractivity contribution in [1.82, 2.24) is 0 Å². The second-order valence-electron chi connectivity index (χ2n) is 5.79. The topological polar surface area (TPSA) is 47.9 Å². The van der Waals surface area contributed by atoms with Crippen LogP contribution in [0.5, 0.6) is 0 Å². The van der Waals surface area contributed by atoms with Crippen LogP contribution in [0.3, 0.4) is 0 Å². The average Bonchev–Trinajstić information content (AvgIpc) is 2.86. The zero-order valence-corrected chi connectivity index (χ0v) is 12.4. The molecule has 2 fully saturated rings. The standard InChI is InChI=1S/C15H28O4/c1-4-7-10-15(9-6-3)18-13-12(16)11(8-5-2)17-14(13)19-15/h11-14,16H,4-10H2,1-3H3/t11-,12+,13-,14-,15?/m1/s1. The van der Waals surface area contributed by atoms with Crippen LogP contribution >= 0.6 is 0 Å². The Morgan fingerprint density at radius 3 is 2.37 bits per heavy atom. The number of rotatable bonds is 7. The van der Waals surface area contributed by atoms with Crippen LogP contribution in [0.25, 0.3) is 0 Å². The van der Waals surface area contributed by atoms with E-state index in [-0.39, 0.29) is 18.5 Å². The fourth-order valence-electron chi connectivity index (χ4n) is 3.12. The summed E-state index contributed by atoms with van der Waals surface area (Å²) in [7, 11) is 0. The van der Waals surface area contributed by atoms with E-state index in [1.807, 2.05) is 0 Å². The minimum absolute atomic E-state index is 0.134. The van der Waals surface area contributed by atoms with Crippen LogP contribution in [0.15, 0.2) is 0 Å². The van der Waals surface area contributed by atoms with Gasteiger partial charge in [0, 0.05) is 12.8 Å². The van der Waals surface area contributed by atoms with E-state index in [0.29, 0.717) is 0 Å². The first-order valence-electron chi connectivity index (χ1n) is 7.85. The Morgan fingerprint density at radius 1 is 1.00 bits per heavy atom. The fourth-order valence-corrected chi connectivity index (χ4v) is 3.12. The fraction of sp³-hybridized carbons (Fsp3) is 1.00. The van der Waals surface area contributed by atoms with E-state index in [9.17, 15) is 5.11 Å². The lowest BCUT2D eigenvalue weighted by atomic mass is 10.0. The van der Waals surface area contributed by atoms with Crippen LogP contribution < -0.4 is 0 Å². The molecule has 0 aromatic carbocycles. The summed E-state index contributed by atoms with van der Waals surface area (Å²) < 4.78 is 18.0. The molecule has 112 valence electrons. The molecule has 2 rings (SSSR count). The summed E-state index contributed by atoms with van der Waals surface area (Å²) in [6.07, 6.45) is 5.45. The summed E-state index contributed by atoms with van der Waals surface area (Å²) in [6.45, 7) is 6.39. The van der Waals surface area contributed by atoms with Gasteiger partial charge >= 0.3 is 0 Å². The van der Waals surface area contributed by atoms with E-state index in [0.717, 1.165) is 44.9 Å². The lowest BCUT2D eigenvalue weighted by molar-refractivity contribution is -0.240. The second kappa shape index (κ2) is 6.53. The van der Waals surface area contributed by atoms with Gasteiger partial charge < -0.3 is 19.3 Å². The molecule has 0 aliphatic carbocycles. The lowest BCUT2D eigenvalue weighted by Crippen LogP contribution is -2.37. The minimum Gasteiger partial charge on any atom is -0.387 e. The Balaban J connectivity index is 1.99. The van der Waals surface area contributed by atoms with Gasteiger partial charge in [0.15, 0.2) is 12.1 Å². The molecule has 2 saturated heterocycles. The third kappa shape index (κ3) is 3.13. The highest BCUT2D eigenvalue weighted by atomic mass is 16.8. The van der Waals surface area contributed by atoms with Crippen molar-refractivity contribution in [3.8, 4) is 0 Å². The molecule has 4 heteroatoms. The molecular formula is C15H28O4. The van der Waals surface area contributed by atoms with E-state index in [1.54, 1.807) is 0 Å². The number of fused-ring (bicyclic) bond motifs is 1. The Hall–Kier alpha value is -0.160. The number of hydrogen-bond acceptors (Lipinski definition) is 4. The van der Waals surface area contributed by atoms with E-state index in [1.165, 1.54) is 0 Å². The summed E-state index contributed by atoms with van der Waals surface area (Å²) in [5.41, 5.74) is 0. The number of hydrogen-bond donors (Lipinski definition) is 1. The summed E-state index contributed by atoms with van der Waals surface area (Å²) in [5, 5.41) is 10.3. The Labute approximate surface area is 116 Å². The third-order valence-corrected chi connectivity index (χ3v) is 4.09. The highest BCUT2D eigenvalue weighted by Gasteiger charge is 2.56. The van der Waals surface area contributed by atoms with Gasteiger partial charge in [-0.2, -0.15) is 0 Å². The van der Waals surface area contributed by atoms with E-state index in [2.05, 4.69) is 20.8 Å². The molecule has 19 heavy (non-hydrogen) atoms. The zero-order chi connectivity index (χ0) is 13.9. The summed E-state index contributed by atoms with van der Waals surface area (Å²) in [5.74, 6) is -0.530. The van der Waals surface area contributed by atoms with E-state index >= 15 is 0 Å². The zero-order valence-electron chi connectivity index (χ0n) is 12.4. The molecule has 0 saturated carbocycles. The van der Waals surface area contributed by atoms with Crippen molar-refractivity contribution in [2.45, 2.75) is 96.1 Å². The first-order valence-corrected chi connectivity index (χ1v) is 7.85. The third-order valence-electron chi connectivity index (χ3n) is 4.09. The lowest BCUT2D eigenvalue weighted by Gasteiger charge is -2.30. The molecule has 5 atom stereocenters. The highest BCUT2D eigenvalue weighted by Crippen LogP contribution is 2.43. The van der Waals surface area contributed by atoms with Gasteiger partial charge in [-0.3, -0.25) is 0 Å². The molecular weight excluding hydrogens is 244 g/mol. The molecule has 1 N–H and O–H groups in total. The second-order valence-corrected chi connectivity index (χ2v) is 5.79. The molecule has 0 amide bonds. The summed E-state index contributed by atoms with van der Waals surface area (Å²) >= 11 is 0. The van der Waals surface area contributed by atoms with Crippen LogP contribution in [0.1, 0.15) is 65.7 Å². The normalized spacial score (nSPS) is 41.7. The van der Waals surface area contributed by atoms with Crippen molar-refractivity contribution in [3.63, 3.8) is 0 Å². The molecule has 2 heterocycles. The van der Waals surface area contributed by atoms with Crippen molar-refractivity contribution in [3.05, 3.63) is 0 Å². The molecule has 4 nitrogen and oxygen atoms in total. The predicted molar refractivity (Wildman–Crippen MR) is 72.7 cm³/mol. The van der Waals surface area contributed by atoms with Gasteiger partial charge in [0.1, 0.15) is 12.2 Å². The first-order chi connectivity index (χ1) is 9.15. The molecule has 0 aromatic rings. The van der Waals surface area contributed by atoms with Crippen molar-refractivity contribution < 1.29 is 19.3 Å². The maximum absolute atomic E-state index is 10.3. The molecule has 0 spiro atoms. The van der Waals surface area contributed by atoms with Crippen molar-refractivity contribution >= 4 is 0 Å². The number of aliphatic hydroxyl groups excluding tert-OH is 1. The summed E-state index contributed by atoms with van der Waals surface area (Å²) in [6, 6.07) is 0. The molecule has 0 radical (unpaired) electrons. The predicted octanol–water partition coefficient (Wildman–Crippen LogP) is 2.97. The average molecular weight is 272 g/mol. The maximum Gasteiger partial charge on any atom is 0.190 e. The molecule has 2 aliphatic heterocycles. The van der Waals surface area contributed by atoms with Crippen molar-refractivity contribution in [2.75, 3.05) is 0 Å². The van der Waals surface area contributed by atoms with Gasteiger partial charge in [0.25, 0.3) is 0 Å². The van der Waals surface area contributed by atoms with Crippen LogP contribution in [-0.4, -0.2) is 35.5 Å². The van der Waals surface area contributed by atoms with E-state index < -0.39 is 11.9 Å². The smallest absolute Gasteiger partial charge is 0.190 e. The molecule has 2 aliphatic rings. The van der Waals surface area contributed by atoms with Gasteiger partial charge in [-0.05, 0) is 12.8 Å².